The van der Waals surface area contributed by atoms with E-state index in [1.54, 1.807) is 25.5 Å². The van der Waals surface area contributed by atoms with Crippen LogP contribution in [0.15, 0.2) is 47.5 Å². The number of fused-ring (bicyclic) bond motifs is 1. The van der Waals surface area contributed by atoms with Crippen molar-refractivity contribution in [1.29, 1.82) is 0 Å². The van der Waals surface area contributed by atoms with Crippen molar-refractivity contribution in [2.24, 2.45) is 5.92 Å². The summed E-state index contributed by atoms with van der Waals surface area (Å²) in [6, 6.07) is 5.47. The van der Waals surface area contributed by atoms with Gasteiger partial charge >= 0.3 is 0 Å². The van der Waals surface area contributed by atoms with Crippen molar-refractivity contribution >= 4 is 28.5 Å². The van der Waals surface area contributed by atoms with Gasteiger partial charge in [0.25, 0.3) is 5.91 Å². The number of rotatable bonds is 5. The van der Waals surface area contributed by atoms with Gasteiger partial charge in [0.1, 0.15) is 6.26 Å². The molecule has 0 aromatic carbocycles. The molecule has 0 spiro atoms. The molecule has 0 unspecified atom stereocenters. The third kappa shape index (κ3) is 3.20. The van der Waals surface area contributed by atoms with Crippen LogP contribution in [0.1, 0.15) is 23.2 Å². The summed E-state index contributed by atoms with van der Waals surface area (Å²) in [7, 11) is 1.56. The number of nitrogens with one attached hydrogen (secondary N) is 3. The van der Waals surface area contributed by atoms with Crippen LogP contribution in [0.5, 0.6) is 0 Å². The number of H-pyrrole nitrogens is 1. The Kier molecular flexibility index (Phi) is 4.27. The van der Waals surface area contributed by atoms with Crippen LogP contribution in [-0.4, -0.2) is 38.8 Å². The molecule has 1 saturated carbocycles. The van der Waals surface area contributed by atoms with E-state index in [1.165, 1.54) is 12.5 Å². The molecule has 0 aliphatic heterocycles. The minimum atomic E-state index is -0.264. The monoisotopic (exact) mass is 402 g/mol. The molecule has 0 saturated heterocycles. The number of pyridine rings is 2. The minimum absolute atomic E-state index is 0.0362. The summed E-state index contributed by atoms with van der Waals surface area (Å²) in [5, 5.41) is 6.14. The number of hydrogen-bond acceptors (Lipinski definition) is 6. The number of aromatic amines is 1. The number of carbonyl (C=O) groups is 2. The molecule has 9 nitrogen and oxygen atoms in total. The van der Waals surface area contributed by atoms with Crippen LogP contribution in [0.3, 0.4) is 0 Å². The van der Waals surface area contributed by atoms with Crippen molar-refractivity contribution in [3.8, 4) is 22.8 Å². The van der Waals surface area contributed by atoms with Gasteiger partial charge in [0.2, 0.25) is 11.8 Å². The van der Waals surface area contributed by atoms with Crippen LogP contribution in [0, 0.1) is 5.92 Å². The highest BCUT2D eigenvalue weighted by atomic mass is 16.3. The Labute approximate surface area is 170 Å². The molecule has 30 heavy (non-hydrogen) atoms. The molecule has 0 atom stereocenters. The van der Waals surface area contributed by atoms with Gasteiger partial charge in [0.15, 0.2) is 5.82 Å². The van der Waals surface area contributed by atoms with Crippen molar-refractivity contribution in [2.75, 3.05) is 12.4 Å². The van der Waals surface area contributed by atoms with E-state index in [4.69, 9.17) is 4.42 Å². The summed E-state index contributed by atoms with van der Waals surface area (Å²) in [5.41, 5.74) is 3.07. The SMILES string of the molecule is CNC(=O)c1cnc(NC(=O)C2CC2)c2[nH]c(-c3cc(-c4ncco4)ccn3)cc12. The third-order valence-corrected chi connectivity index (χ3v) is 5.04. The fourth-order valence-electron chi connectivity index (χ4n) is 3.31. The first kappa shape index (κ1) is 18.0. The number of anilines is 1. The highest BCUT2D eigenvalue weighted by Crippen LogP contribution is 2.33. The Balaban J connectivity index is 1.62. The summed E-state index contributed by atoms with van der Waals surface area (Å²) in [5.74, 6) is 0.592. The van der Waals surface area contributed by atoms with Gasteiger partial charge in [-0.15, -0.1) is 0 Å². The molecular weight excluding hydrogens is 384 g/mol. The predicted molar refractivity (Wildman–Crippen MR) is 110 cm³/mol. The maximum atomic E-state index is 12.3. The zero-order valence-corrected chi connectivity index (χ0v) is 16.1. The van der Waals surface area contributed by atoms with Crippen molar-refractivity contribution in [2.45, 2.75) is 12.8 Å². The average Bonchev–Trinajstić information content (AvgIpc) is 3.29. The lowest BCUT2D eigenvalue weighted by atomic mass is 10.1. The van der Waals surface area contributed by atoms with Crippen LogP contribution >= 0.6 is 0 Å². The molecule has 0 bridgehead atoms. The van der Waals surface area contributed by atoms with E-state index in [-0.39, 0.29) is 17.7 Å². The van der Waals surface area contributed by atoms with E-state index in [9.17, 15) is 9.59 Å². The van der Waals surface area contributed by atoms with E-state index in [0.717, 1.165) is 18.4 Å². The van der Waals surface area contributed by atoms with Gasteiger partial charge in [-0.25, -0.2) is 9.97 Å². The van der Waals surface area contributed by atoms with E-state index >= 15 is 0 Å². The molecule has 9 heteroatoms. The Morgan fingerprint density at radius 3 is 2.77 bits per heavy atom. The second kappa shape index (κ2) is 7.11. The van der Waals surface area contributed by atoms with Gasteiger partial charge in [-0.05, 0) is 31.0 Å². The van der Waals surface area contributed by atoms with Gasteiger partial charge in [0, 0.05) is 36.3 Å². The van der Waals surface area contributed by atoms with Gasteiger partial charge in [-0.1, -0.05) is 0 Å². The Morgan fingerprint density at radius 1 is 1.17 bits per heavy atom. The fourth-order valence-corrected chi connectivity index (χ4v) is 3.31. The Bertz CT molecular complexity index is 1260. The van der Waals surface area contributed by atoms with Gasteiger partial charge in [-0.2, -0.15) is 0 Å². The summed E-state index contributed by atoms with van der Waals surface area (Å²) in [6.45, 7) is 0. The van der Waals surface area contributed by atoms with E-state index in [2.05, 4.69) is 30.6 Å². The van der Waals surface area contributed by atoms with Crippen LogP contribution < -0.4 is 10.6 Å². The lowest BCUT2D eigenvalue weighted by Crippen LogP contribution is -2.19. The van der Waals surface area contributed by atoms with E-state index < -0.39 is 0 Å². The molecule has 4 aromatic rings. The largest absolute Gasteiger partial charge is 0.445 e. The normalized spacial score (nSPS) is 13.4. The standard InChI is InChI=1S/C21H18N6O3/c1-22-20(29)14-10-25-18(27-19(28)11-2-3-11)17-13(14)9-16(26-17)15-8-12(4-5-23-15)21-24-6-7-30-21/h4-11,26H,2-3H2,1H3,(H,22,29)(H,25,27,28). The first-order valence-corrected chi connectivity index (χ1v) is 9.55. The summed E-state index contributed by atoms with van der Waals surface area (Å²) < 4.78 is 5.37. The lowest BCUT2D eigenvalue weighted by molar-refractivity contribution is -0.117. The number of nitrogens with zero attached hydrogens (tertiary/aromatic N) is 3. The van der Waals surface area contributed by atoms with Crippen molar-refractivity contribution in [3.05, 3.63) is 48.6 Å². The quantitative estimate of drug-likeness (QED) is 0.471. The molecule has 0 radical (unpaired) electrons. The van der Waals surface area contributed by atoms with Crippen LogP contribution in [0.4, 0.5) is 5.82 Å². The smallest absolute Gasteiger partial charge is 0.253 e. The number of amides is 2. The zero-order chi connectivity index (χ0) is 20.7. The highest BCUT2D eigenvalue weighted by molar-refractivity contribution is 6.11. The molecule has 150 valence electrons. The fraction of sp³-hybridized carbons (Fsp3) is 0.190. The van der Waals surface area contributed by atoms with Gasteiger partial charge in [-0.3, -0.25) is 14.6 Å². The van der Waals surface area contributed by atoms with Crippen molar-refractivity contribution in [3.63, 3.8) is 0 Å². The topological polar surface area (TPSA) is 126 Å². The summed E-state index contributed by atoms with van der Waals surface area (Å²) >= 11 is 0. The van der Waals surface area contributed by atoms with Crippen molar-refractivity contribution in [1.82, 2.24) is 25.3 Å². The Morgan fingerprint density at radius 2 is 2.03 bits per heavy atom. The van der Waals surface area contributed by atoms with Crippen LogP contribution in [-0.2, 0) is 4.79 Å². The first-order valence-electron chi connectivity index (χ1n) is 9.55. The highest BCUT2D eigenvalue weighted by Gasteiger charge is 2.30. The maximum Gasteiger partial charge on any atom is 0.253 e. The minimum Gasteiger partial charge on any atom is -0.445 e. The molecule has 4 heterocycles. The average molecular weight is 402 g/mol. The van der Waals surface area contributed by atoms with Gasteiger partial charge in [0.05, 0.1) is 28.7 Å². The zero-order valence-electron chi connectivity index (χ0n) is 16.1. The number of carbonyl (C=O) groups excluding carboxylic acids is 2. The second-order valence-electron chi connectivity index (χ2n) is 7.10. The molecule has 1 fully saturated rings. The summed E-state index contributed by atoms with van der Waals surface area (Å²) in [6.07, 6.45) is 7.99. The molecule has 3 N–H and O–H groups in total. The lowest BCUT2D eigenvalue weighted by Gasteiger charge is -2.07. The third-order valence-electron chi connectivity index (χ3n) is 5.04. The number of aromatic nitrogens is 4. The van der Waals surface area contributed by atoms with E-state index in [0.29, 0.717) is 39.6 Å². The summed E-state index contributed by atoms with van der Waals surface area (Å²) in [4.78, 5) is 40.8. The second-order valence-corrected chi connectivity index (χ2v) is 7.10. The number of oxazole rings is 1. The predicted octanol–water partition coefficient (Wildman–Crippen LogP) is 2.99. The van der Waals surface area contributed by atoms with E-state index in [1.807, 2.05) is 12.1 Å². The maximum absolute atomic E-state index is 12.3. The number of hydrogen-bond donors (Lipinski definition) is 3. The Hall–Kier alpha value is -4.01. The van der Waals surface area contributed by atoms with Gasteiger partial charge < -0.3 is 20.0 Å². The molecule has 1 aliphatic rings. The molecule has 2 amide bonds. The molecule has 4 aromatic heterocycles. The first-order chi connectivity index (χ1) is 14.6. The van der Waals surface area contributed by atoms with Crippen LogP contribution in [0.2, 0.25) is 0 Å². The molecule has 1 aliphatic carbocycles. The molecule has 5 rings (SSSR count). The molecular formula is C21H18N6O3. The van der Waals surface area contributed by atoms with Crippen LogP contribution in [0.25, 0.3) is 33.7 Å². The van der Waals surface area contributed by atoms with Crippen molar-refractivity contribution < 1.29 is 14.0 Å².